The molecule has 1 atom stereocenters. The minimum Gasteiger partial charge on any atom is -0.328 e. The zero-order valence-electron chi connectivity index (χ0n) is 7.42. The summed E-state index contributed by atoms with van der Waals surface area (Å²) in [5, 5.41) is 1.20. The van der Waals surface area contributed by atoms with E-state index in [-0.39, 0.29) is 11.9 Å². The van der Waals surface area contributed by atoms with E-state index in [0.29, 0.717) is 0 Å². The van der Waals surface area contributed by atoms with E-state index in [4.69, 9.17) is 4.84 Å². The van der Waals surface area contributed by atoms with E-state index < -0.39 is 0 Å². The van der Waals surface area contributed by atoms with Crippen LogP contribution in [0.4, 0.5) is 0 Å². The summed E-state index contributed by atoms with van der Waals surface area (Å²) in [6.07, 6.45) is 1.76. The van der Waals surface area contributed by atoms with Crippen molar-refractivity contribution in [1.82, 2.24) is 15.9 Å². The molecule has 5 nitrogen and oxygen atoms in total. The Labute approximate surface area is 71.3 Å². The number of rotatable bonds is 2. The quantitative estimate of drug-likeness (QED) is 0.544. The fourth-order valence-corrected chi connectivity index (χ4v) is 0.964. The average molecular weight is 171 g/mol. The minimum atomic E-state index is -0.310. The molecule has 1 aliphatic heterocycles. The normalized spacial score (nSPS) is 21.6. The topological polar surface area (TPSA) is 53.6 Å². The van der Waals surface area contributed by atoms with Crippen LogP contribution in [-0.2, 0) is 9.63 Å². The first-order valence-electron chi connectivity index (χ1n) is 3.66. The highest BCUT2D eigenvalue weighted by molar-refractivity contribution is 5.84. The molecule has 0 saturated carbocycles. The summed E-state index contributed by atoms with van der Waals surface area (Å²) in [5.74, 6) is -0.115. The molecule has 12 heavy (non-hydrogen) atoms. The van der Waals surface area contributed by atoms with Crippen LogP contribution < -0.4 is 10.9 Å². The maximum atomic E-state index is 11.4. The van der Waals surface area contributed by atoms with Gasteiger partial charge in [0.15, 0.2) is 0 Å². The Balaban J connectivity index is 2.59. The zero-order valence-corrected chi connectivity index (χ0v) is 7.42. The van der Waals surface area contributed by atoms with Crippen LogP contribution in [0.1, 0.15) is 6.92 Å². The number of hydrogen-bond acceptors (Lipinski definition) is 4. The van der Waals surface area contributed by atoms with Crippen LogP contribution in [-0.4, -0.2) is 31.2 Å². The molecule has 0 bridgehead atoms. The number of nitrogens with zero attached hydrogens (tertiary/aromatic N) is 1. The molecule has 0 fully saturated rings. The van der Waals surface area contributed by atoms with Crippen LogP contribution in [0, 0.1) is 0 Å². The van der Waals surface area contributed by atoms with Gasteiger partial charge in [0.1, 0.15) is 6.04 Å². The summed E-state index contributed by atoms with van der Waals surface area (Å²) < 4.78 is 0. The first-order chi connectivity index (χ1) is 5.66. The Hall–Kier alpha value is -1.07. The first-order valence-corrected chi connectivity index (χ1v) is 3.66. The lowest BCUT2D eigenvalue weighted by Crippen LogP contribution is -2.45. The van der Waals surface area contributed by atoms with Gasteiger partial charge in [-0.25, -0.2) is 10.5 Å². The van der Waals surface area contributed by atoms with Gasteiger partial charge in [0, 0.05) is 13.2 Å². The number of likely N-dealkylation sites (N-methyl/N-ethyl adjacent to an activating group) is 1. The molecule has 1 rings (SSSR count). The number of hydrogen-bond donors (Lipinski definition) is 2. The van der Waals surface area contributed by atoms with Gasteiger partial charge in [0.05, 0.1) is 7.11 Å². The van der Waals surface area contributed by atoms with Gasteiger partial charge in [-0.2, -0.15) is 0 Å². The first kappa shape index (κ1) is 9.02. The lowest BCUT2D eigenvalue weighted by molar-refractivity contribution is -0.169. The van der Waals surface area contributed by atoms with E-state index in [9.17, 15) is 4.79 Å². The van der Waals surface area contributed by atoms with E-state index in [2.05, 4.69) is 10.9 Å². The van der Waals surface area contributed by atoms with Gasteiger partial charge in [-0.15, -0.1) is 0 Å². The molecular formula is C7H13N3O2. The van der Waals surface area contributed by atoms with Gasteiger partial charge in [-0.1, -0.05) is 0 Å². The second-order valence-electron chi connectivity index (χ2n) is 2.63. The third-order valence-electron chi connectivity index (χ3n) is 1.81. The fourth-order valence-electron chi connectivity index (χ4n) is 0.964. The number of carbonyl (C=O) groups is 1. The standard InChI is InChI=1S/C7H13N3O2/c1-5-4-8-9-6(5)7(11)10(2)12-3/h4,6,8-9H,1-3H3. The number of amides is 1. The maximum Gasteiger partial charge on any atom is 0.269 e. The van der Waals surface area contributed by atoms with Crippen LogP contribution in [0.5, 0.6) is 0 Å². The number of nitrogens with one attached hydrogen (secondary N) is 2. The van der Waals surface area contributed by atoms with Crippen LogP contribution in [0.15, 0.2) is 11.8 Å². The summed E-state index contributed by atoms with van der Waals surface area (Å²) in [5.41, 5.74) is 6.52. The monoisotopic (exact) mass is 171 g/mol. The average Bonchev–Trinajstić information content (AvgIpc) is 2.48. The second-order valence-corrected chi connectivity index (χ2v) is 2.63. The van der Waals surface area contributed by atoms with Crippen molar-refractivity contribution < 1.29 is 9.63 Å². The van der Waals surface area contributed by atoms with Crippen molar-refractivity contribution in [3.8, 4) is 0 Å². The van der Waals surface area contributed by atoms with Gasteiger partial charge < -0.3 is 5.43 Å². The van der Waals surface area contributed by atoms with Crippen molar-refractivity contribution in [3.05, 3.63) is 11.8 Å². The van der Waals surface area contributed by atoms with Gasteiger partial charge in [0.25, 0.3) is 5.91 Å². The molecule has 1 unspecified atom stereocenters. The Morgan fingerprint density at radius 3 is 2.83 bits per heavy atom. The number of hydroxylamine groups is 2. The maximum absolute atomic E-state index is 11.4. The highest BCUT2D eigenvalue weighted by Crippen LogP contribution is 2.06. The van der Waals surface area contributed by atoms with E-state index in [1.54, 1.807) is 13.2 Å². The largest absolute Gasteiger partial charge is 0.328 e. The van der Waals surface area contributed by atoms with Crippen LogP contribution in [0.25, 0.3) is 0 Å². The Morgan fingerprint density at radius 2 is 2.42 bits per heavy atom. The number of carbonyl (C=O) groups excluding carboxylic acids is 1. The molecule has 5 heteroatoms. The predicted molar refractivity (Wildman–Crippen MR) is 43.6 cm³/mol. The summed E-state index contributed by atoms with van der Waals surface area (Å²) in [4.78, 5) is 16.2. The van der Waals surface area contributed by atoms with Gasteiger partial charge >= 0.3 is 0 Å². The van der Waals surface area contributed by atoms with Gasteiger partial charge in [-0.3, -0.25) is 9.63 Å². The lowest BCUT2D eigenvalue weighted by atomic mass is 10.1. The molecule has 68 valence electrons. The second kappa shape index (κ2) is 3.55. The van der Waals surface area contributed by atoms with E-state index in [0.717, 1.165) is 5.57 Å². The summed E-state index contributed by atoms with van der Waals surface area (Å²) in [7, 11) is 3.04. The van der Waals surface area contributed by atoms with Crippen molar-refractivity contribution in [1.29, 1.82) is 0 Å². The zero-order chi connectivity index (χ0) is 9.14. The summed E-state index contributed by atoms with van der Waals surface area (Å²) in [6, 6.07) is -0.310. The molecular weight excluding hydrogens is 158 g/mol. The smallest absolute Gasteiger partial charge is 0.269 e. The van der Waals surface area contributed by atoms with Crippen molar-refractivity contribution in [2.24, 2.45) is 0 Å². The summed E-state index contributed by atoms with van der Waals surface area (Å²) >= 11 is 0. The fraction of sp³-hybridized carbons (Fsp3) is 0.571. The molecule has 0 saturated heterocycles. The molecule has 0 aromatic heterocycles. The minimum absolute atomic E-state index is 0.115. The molecule has 1 heterocycles. The van der Waals surface area contributed by atoms with E-state index in [1.165, 1.54) is 12.2 Å². The third kappa shape index (κ3) is 1.57. The third-order valence-corrected chi connectivity index (χ3v) is 1.81. The summed E-state index contributed by atoms with van der Waals surface area (Å²) in [6.45, 7) is 1.87. The van der Waals surface area contributed by atoms with Crippen LogP contribution in [0.2, 0.25) is 0 Å². The molecule has 0 aromatic rings. The van der Waals surface area contributed by atoms with Crippen molar-refractivity contribution in [3.63, 3.8) is 0 Å². The van der Waals surface area contributed by atoms with E-state index in [1.807, 2.05) is 6.92 Å². The molecule has 0 aliphatic carbocycles. The molecule has 2 N–H and O–H groups in total. The van der Waals surface area contributed by atoms with Gasteiger partial charge in [-0.05, 0) is 12.5 Å². The highest BCUT2D eigenvalue weighted by Gasteiger charge is 2.26. The molecule has 0 spiro atoms. The van der Waals surface area contributed by atoms with Crippen molar-refractivity contribution in [2.45, 2.75) is 13.0 Å². The SMILES string of the molecule is CON(C)C(=O)C1NNC=C1C. The molecule has 1 aliphatic rings. The number of hydrazine groups is 1. The highest BCUT2D eigenvalue weighted by atomic mass is 16.7. The van der Waals surface area contributed by atoms with Crippen molar-refractivity contribution in [2.75, 3.05) is 14.2 Å². The van der Waals surface area contributed by atoms with E-state index >= 15 is 0 Å². The molecule has 0 radical (unpaired) electrons. The van der Waals surface area contributed by atoms with Gasteiger partial charge in [0.2, 0.25) is 0 Å². The molecule has 0 aromatic carbocycles. The van der Waals surface area contributed by atoms with Crippen molar-refractivity contribution >= 4 is 5.91 Å². The van der Waals surface area contributed by atoms with Crippen LogP contribution >= 0.6 is 0 Å². The predicted octanol–water partition coefficient (Wildman–Crippen LogP) is -0.614. The Morgan fingerprint density at radius 1 is 1.75 bits per heavy atom. The Bertz CT molecular complexity index is 215. The molecule has 1 amide bonds. The lowest BCUT2D eigenvalue weighted by Gasteiger charge is -2.18. The Kier molecular flexibility index (Phi) is 2.67. The van der Waals surface area contributed by atoms with Crippen LogP contribution in [0.3, 0.4) is 0 Å².